The fourth-order valence-electron chi connectivity index (χ4n) is 3.57. The van der Waals surface area contributed by atoms with Gasteiger partial charge in [0.2, 0.25) is 5.60 Å². The van der Waals surface area contributed by atoms with E-state index in [0.717, 1.165) is 25.0 Å². The summed E-state index contributed by atoms with van der Waals surface area (Å²) in [5.41, 5.74) is -1.50. The lowest BCUT2D eigenvalue weighted by Gasteiger charge is -2.36. The molecule has 1 amide bonds. The number of aryl methyl sites for hydroxylation is 1. The maximum absolute atomic E-state index is 12.3. The van der Waals surface area contributed by atoms with Gasteiger partial charge in [0.1, 0.15) is 17.5 Å². The summed E-state index contributed by atoms with van der Waals surface area (Å²) in [6.07, 6.45) is 4.04. The van der Waals surface area contributed by atoms with Crippen LogP contribution in [-0.4, -0.2) is 43.0 Å². The van der Waals surface area contributed by atoms with Crippen molar-refractivity contribution >= 4 is 23.2 Å². The normalized spacial score (nSPS) is 23.8. The molecule has 140 valence electrons. The van der Waals surface area contributed by atoms with Gasteiger partial charge in [0, 0.05) is 44.0 Å². The molecule has 4 rings (SSSR count). The Labute approximate surface area is 155 Å². The van der Waals surface area contributed by atoms with E-state index in [1.54, 1.807) is 36.0 Å². The zero-order chi connectivity index (χ0) is 19.2. The molecule has 0 aromatic carbocycles. The van der Waals surface area contributed by atoms with E-state index in [-0.39, 0.29) is 13.0 Å². The number of nitrogens with one attached hydrogen (secondary N) is 1. The van der Waals surface area contributed by atoms with Crippen LogP contribution in [0, 0.1) is 11.3 Å². The lowest BCUT2D eigenvalue weighted by molar-refractivity contribution is -0.128. The smallest absolute Gasteiger partial charge is 0.273 e. The van der Waals surface area contributed by atoms with Crippen molar-refractivity contribution in [3.8, 4) is 6.07 Å². The molecule has 1 aliphatic carbocycles. The minimum Gasteiger partial charge on any atom is -0.384 e. The Kier molecular flexibility index (Phi) is 3.91. The average molecular weight is 368 g/mol. The highest BCUT2D eigenvalue weighted by molar-refractivity contribution is 6.03. The van der Waals surface area contributed by atoms with E-state index in [1.807, 2.05) is 0 Å². The lowest BCUT2D eigenvalue weighted by atomic mass is 9.78. The SMILES string of the molecule is Cn1nc(Nc2cc(N3CC[C@](O)(C#N)C3=O)ccn2)cc1C1(O)CCC1. The number of carbonyl (C=O) groups excluding carboxylic acids is 1. The molecular weight excluding hydrogens is 348 g/mol. The first-order valence-corrected chi connectivity index (χ1v) is 8.80. The van der Waals surface area contributed by atoms with Crippen molar-refractivity contribution < 1.29 is 15.0 Å². The fourth-order valence-corrected chi connectivity index (χ4v) is 3.57. The number of aliphatic hydroxyl groups is 2. The molecule has 27 heavy (non-hydrogen) atoms. The fraction of sp³-hybridized carbons (Fsp3) is 0.444. The van der Waals surface area contributed by atoms with Crippen LogP contribution in [0.4, 0.5) is 17.3 Å². The van der Waals surface area contributed by atoms with Crippen LogP contribution in [0.1, 0.15) is 31.4 Å². The highest BCUT2D eigenvalue weighted by Crippen LogP contribution is 2.41. The average Bonchev–Trinajstić information content (AvgIpc) is 3.14. The van der Waals surface area contributed by atoms with Gasteiger partial charge in [0.25, 0.3) is 5.91 Å². The summed E-state index contributed by atoms with van der Waals surface area (Å²) in [5, 5.41) is 37.0. The predicted octanol–water partition coefficient (Wildman–Crippen LogP) is 0.922. The highest BCUT2D eigenvalue weighted by Gasteiger charge is 2.46. The topological polar surface area (TPSA) is 127 Å². The van der Waals surface area contributed by atoms with Crippen molar-refractivity contribution in [1.82, 2.24) is 14.8 Å². The molecule has 2 aromatic rings. The van der Waals surface area contributed by atoms with Crippen molar-refractivity contribution in [2.75, 3.05) is 16.8 Å². The van der Waals surface area contributed by atoms with Gasteiger partial charge in [-0.15, -0.1) is 0 Å². The monoisotopic (exact) mass is 368 g/mol. The summed E-state index contributed by atoms with van der Waals surface area (Å²) in [5.74, 6) is 0.381. The van der Waals surface area contributed by atoms with Gasteiger partial charge in [-0.05, 0) is 25.3 Å². The van der Waals surface area contributed by atoms with Gasteiger partial charge in [0.15, 0.2) is 5.82 Å². The first-order chi connectivity index (χ1) is 12.8. The Morgan fingerprint density at radius 2 is 2.04 bits per heavy atom. The number of amides is 1. The number of hydrogen-bond acceptors (Lipinski definition) is 7. The number of anilines is 3. The van der Waals surface area contributed by atoms with Gasteiger partial charge in [-0.1, -0.05) is 0 Å². The number of nitrogens with zero attached hydrogens (tertiary/aromatic N) is 5. The predicted molar refractivity (Wildman–Crippen MR) is 96.0 cm³/mol. The molecule has 1 aliphatic heterocycles. The zero-order valence-electron chi connectivity index (χ0n) is 14.9. The summed E-state index contributed by atoms with van der Waals surface area (Å²) < 4.78 is 1.66. The number of nitriles is 1. The third kappa shape index (κ3) is 2.83. The van der Waals surface area contributed by atoms with Crippen LogP contribution in [0.3, 0.4) is 0 Å². The Bertz CT molecular complexity index is 945. The van der Waals surface area contributed by atoms with Crippen molar-refractivity contribution in [1.29, 1.82) is 5.26 Å². The van der Waals surface area contributed by atoms with Crippen LogP contribution in [0.15, 0.2) is 24.4 Å². The summed E-state index contributed by atoms with van der Waals surface area (Å²) in [7, 11) is 1.78. The van der Waals surface area contributed by atoms with Gasteiger partial charge in [-0.2, -0.15) is 10.4 Å². The minimum atomic E-state index is -1.97. The molecule has 0 radical (unpaired) electrons. The quantitative estimate of drug-likeness (QED) is 0.685. The molecule has 0 spiro atoms. The molecule has 1 saturated carbocycles. The first-order valence-electron chi connectivity index (χ1n) is 8.80. The second kappa shape index (κ2) is 6.04. The minimum absolute atomic E-state index is 0.0651. The van der Waals surface area contributed by atoms with Crippen LogP contribution in [0.25, 0.3) is 0 Å². The van der Waals surface area contributed by atoms with E-state index in [1.165, 1.54) is 11.1 Å². The standard InChI is InChI=1S/C18H20N6O3/c1-23-13(17(26)4-2-5-17)10-15(22-23)21-14-9-12(3-7-20-14)24-8-6-18(27,11-19)16(24)25/h3,7,9-10,26-27H,2,4-6,8H2,1H3,(H,20,21,22)/t18-/m0/s1. The number of pyridine rings is 1. The van der Waals surface area contributed by atoms with Crippen molar-refractivity contribution in [3.63, 3.8) is 0 Å². The van der Waals surface area contributed by atoms with E-state index in [0.29, 0.717) is 17.3 Å². The van der Waals surface area contributed by atoms with Crippen molar-refractivity contribution in [3.05, 3.63) is 30.1 Å². The molecule has 2 aromatic heterocycles. The van der Waals surface area contributed by atoms with E-state index >= 15 is 0 Å². The highest BCUT2D eigenvalue weighted by atomic mass is 16.3. The van der Waals surface area contributed by atoms with Crippen LogP contribution in [0.2, 0.25) is 0 Å². The molecule has 1 atom stereocenters. The molecule has 2 fully saturated rings. The molecule has 2 aliphatic rings. The maximum atomic E-state index is 12.3. The molecule has 9 heteroatoms. The molecular formula is C18H20N6O3. The van der Waals surface area contributed by atoms with E-state index in [9.17, 15) is 15.0 Å². The largest absolute Gasteiger partial charge is 0.384 e. The molecule has 3 heterocycles. The summed E-state index contributed by atoms with van der Waals surface area (Å²) in [4.78, 5) is 17.9. The van der Waals surface area contributed by atoms with Gasteiger partial charge < -0.3 is 20.4 Å². The third-order valence-electron chi connectivity index (χ3n) is 5.33. The Morgan fingerprint density at radius 1 is 1.26 bits per heavy atom. The molecule has 9 nitrogen and oxygen atoms in total. The number of rotatable bonds is 4. The summed E-state index contributed by atoms with van der Waals surface area (Å²) >= 11 is 0. The lowest BCUT2D eigenvalue weighted by Crippen LogP contribution is -2.38. The van der Waals surface area contributed by atoms with E-state index in [4.69, 9.17) is 5.26 Å². The van der Waals surface area contributed by atoms with E-state index in [2.05, 4.69) is 15.4 Å². The Hall–Kier alpha value is -2.96. The summed E-state index contributed by atoms with van der Waals surface area (Å²) in [6.45, 7) is 0.257. The molecule has 0 unspecified atom stereocenters. The summed E-state index contributed by atoms with van der Waals surface area (Å²) in [6, 6.07) is 6.78. The van der Waals surface area contributed by atoms with Crippen LogP contribution < -0.4 is 10.2 Å². The molecule has 1 saturated heterocycles. The zero-order valence-corrected chi connectivity index (χ0v) is 14.9. The number of aromatic nitrogens is 3. The maximum Gasteiger partial charge on any atom is 0.273 e. The molecule has 0 bridgehead atoms. The van der Waals surface area contributed by atoms with Gasteiger partial charge in [-0.25, -0.2) is 4.98 Å². The van der Waals surface area contributed by atoms with Gasteiger partial charge in [-0.3, -0.25) is 9.48 Å². The number of carbonyl (C=O) groups is 1. The van der Waals surface area contributed by atoms with Crippen LogP contribution in [0.5, 0.6) is 0 Å². The van der Waals surface area contributed by atoms with Crippen molar-refractivity contribution in [2.24, 2.45) is 7.05 Å². The third-order valence-corrected chi connectivity index (χ3v) is 5.33. The van der Waals surface area contributed by atoms with E-state index < -0.39 is 17.1 Å². The second-order valence-electron chi connectivity index (χ2n) is 7.13. The Balaban J connectivity index is 1.55. The van der Waals surface area contributed by atoms with Gasteiger partial charge >= 0.3 is 0 Å². The first kappa shape index (κ1) is 17.5. The van der Waals surface area contributed by atoms with Crippen LogP contribution in [-0.2, 0) is 17.4 Å². The number of hydrogen-bond donors (Lipinski definition) is 3. The van der Waals surface area contributed by atoms with Gasteiger partial charge in [0.05, 0.1) is 5.69 Å². The Morgan fingerprint density at radius 3 is 2.67 bits per heavy atom. The second-order valence-corrected chi connectivity index (χ2v) is 7.13. The molecule has 3 N–H and O–H groups in total. The van der Waals surface area contributed by atoms with Crippen LogP contribution >= 0.6 is 0 Å². The van der Waals surface area contributed by atoms with Crippen molar-refractivity contribution in [2.45, 2.75) is 36.9 Å².